The molecule has 2 saturated heterocycles. The van der Waals surface area contributed by atoms with Gasteiger partial charge in [-0.05, 0) is 42.2 Å². The molecule has 3 fully saturated rings. The summed E-state index contributed by atoms with van der Waals surface area (Å²) in [5, 5.41) is 10.3. The summed E-state index contributed by atoms with van der Waals surface area (Å²) >= 11 is 12.6. The van der Waals surface area contributed by atoms with Gasteiger partial charge in [0, 0.05) is 48.3 Å². The Bertz CT molecular complexity index is 1280. The fourth-order valence-electron chi connectivity index (χ4n) is 7.49. The number of rotatable bonds is 5. The molecule has 1 saturated carbocycles. The van der Waals surface area contributed by atoms with Crippen LogP contribution in [0.5, 0.6) is 0 Å². The summed E-state index contributed by atoms with van der Waals surface area (Å²) in [5.74, 6) is -1.90. The maximum Gasteiger partial charge on any atom is 0.237 e. The van der Waals surface area contributed by atoms with Gasteiger partial charge in [-0.2, -0.15) is 0 Å². The van der Waals surface area contributed by atoms with E-state index in [1.54, 1.807) is 24.3 Å². The molecule has 1 unspecified atom stereocenters. The van der Waals surface area contributed by atoms with Gasteiger partial charge in [0.25, 0.3) is 0 Å². The monoisotopic (exact) mass is 574 g/mol. The van der Waals surface area contributed by atoms with Crippen molar-refractivity contribution >= 4 is 40.7 Å². The van der Waals surface area contributed by atoms with Crippen LogP contribution in [0, 0.1) is 5.82 Å². The standard InChI is InChI=1S/C29H33Cl2FN4O3/c30-18-7-8-20-22(17-18)34-27(38)29(20)23(19-5-4-6-21(31)24(19)32)25(35-28(29)9-2-1-3-10-28)26(37)33-11-12-36-13-15-39-16-14-36/h4-8,17,23,25,35H,1-3,9-16H2,(H,33,37)(H,34,38)/t23-,25+,29?/m0/s1. The zero-order valence-electron chi connectivity index (χ0n) is 21.7. The van der Waals surface area contributed by atoms with Crippen LogP contribution in [0.15, 0.2) is 36.4 Å². The van der Waals surface area contributed by atoms with Gasteiger partial charge in [0.15, 0.2) is 0 Å². The van der Waals surface area contributed by atoms with Crippen molar-refractivity contribution in [3.05, 3.63) is 63.4 Å². The number of morpholine rings is 1. The molecule has 0 aromatic heterocycles. The first kappa shape index (κ1) is 27.0. The molecule has 7 nitrogen and oxygen atoms in total. The summed E-state index contributed by atoms with van der Waals surface area (Å²) in [6.07, 6.45) is 4.24. The van der Waals surface area contributed by atoms with Gasteiger partial charge >= 0.3 is 0 Å². The first-order valence-corrected chi connectivity index (χ1v) is 14.5. The van der Waals surface area contributed by atoms with Gasteiger partial charge in [0.05, 0.1) is 24.3 Å². The molecule has 0 radical (unpaired) electrons. The van der Waals surface area contributed by atoms with Gasteiger partial charge in [-0.1, -0.05) is 60.7 Å². The number of carbonyl (C=O) groups excluding carboxylic acids is 2. The Labute approximate surface area is 237 Å². The number of nitrogens with one attached hydrogen (secondary N) is 3. The molecule has 2 aromatic rings. The predicted octanol–water partition coefficient (Wildman–Crippen LogP) is 4.23. The van der Waals surface area contributed by atoms with Crippen molar-refractivity contribution in [2.75, 3.05) is 44.7 Å². The lowest BCUT2D eigenvalue weighted by atomic mass is 9.55. The van der Waals surface area contributed by atoms with E-state index in [9.17, 15) is 9.59 Å². The zero-order chi connectivity index (χ0) is 27.2. The van der Waals surface area contributed by atoms with E-state index in [4.69, 9.17) is 27.9 Å². The summed E-state index contributed by atoms with van der Waals surface area (Å²) in [4.78, 5) is 30.5. The molecule has 0 bridgehead atoms. The lowest BCUT2D eigenvalue weighted by molar-refractivity contribution is -0.124. The number of ether oxygens (including phenoxy) is 1. The average Bonchev–Trinajstić information content (AvgIpc) is 3.38. The third-order valence-corrected chi connectivity index (χ3v) is 9.66. The Morgan fingerprint density at radius 3 is 2.67 bits per heavy atom. The minimum atomic E-state index is -1.22. The molecule has 3 N–H and O–H groups in total. The molecule has 6 rings (SSSR count). The largest absolute Gasteiger partial charge is 0.379 e. The first-order valence-electron chi connectivity index (χ1n) is 13.8. The molecule has 2 aromatic carbocycles. The Hall–Kier alpha value is -2.23. The fourth-order valence-corrected chi connectivity index (χ4v) is 7.84. The lowest BCUT2D eigenvalue weighted by Crippen LogP contribution is -2.60. The molecule has 39 heavy (non-hydrogen) atoms. The fraction of sp³-hybridized carbons (Fsp3) is 0.517. The van der Waals surface area contributed by atoms with Crippen molar-refractivity contribution in [3.8, 4) is 0 Å². The third-order valence-electron chi connectivity index (χ3n) is 9.14. The van der Waals surface area contributed by atoms with E-state index in [1.807, 2.05) is 6.07 Å². The molecule has 2 spiro atoms. The van der Waals surface area contributed by atoms with Crippen molar-refractivity contribution in [3.63, 3.8) is 0 Å². The highest BCUT2D eigenvalue weighted by atomic mass is 35.5. The van der Waals surface area contributed by atoms with E-state index in [2.05, 4.69) is 20.9 Å². The van der Waals surface area contributed by atoms with Gasteiger partial charge in [0.2, 0.25) is 11.8 Å². The van der Waals surface area contributed by atoms with Gasteiger partial charge in [-0.25, -0.2) is 4.39 Å². The van der Waals surface area contributed by atoms with Crippen LogP contribution in [0.25, 0.3) is 0 Å². The minimum absolute atomic E-state index is 0.0338. The number of amides is 2. The highest BCUT2D eigenvalue weighted by Crippen LogP contribution is 2.62. The van der Waals surface area contributed by atoms with E-state index in [1.165, 1.54) is 6.07 Å². The number of fused-ring (bicyclic) bond motifs is 3. The quantitative estimate of drug-likeness (QED) is 0.498. The number of nitrogens with zero attached hydrogens (tertiary/aromatic N) is 1. The van der Waals surface area contributed by atoms with Crippen LogP contribution in [0.2, 0.25) is 10.0 Å². The van der Waals surface area contributed by atoms with Gasteiger partial charge in [-0.15, -0.1) is 0 Å². The minimum Gasteiger partial charge on any atom is -0.379 e. The predicted molar refractivity (Wildman–Crippen MR) is 149 cm³/mol. The maximum atomic E-state index is 15.9. The van der Waals surface area contributed by atoms with E-state index < -0.39 is 28.7 Å². The zero-order valence-corrected chi connectivity index (χ0v) is 23.2. The Kier molecular flexibility index (Phi) is 7.35. The van der Waals surface area contributed by atoms with Crippen LogP contribution in [-0.2, 0) is 19.7 Å². The third kappa shape index (κ3) is 4.36. The van der Waals surface area contributed by atoms with E-state index in [-0.39, 0.29) is 22.4 Å². The summed E-state index contributed by atoms with van der Waals surface area (Å²) in [5.41, 5.74) is -0.325. The number of halogens is 3. The number of benzene rings is 2. The Morgan fingerprint density at radius 1 is 1.13 bits per heavy atom. The number of carbonyl (C=O) groups is 2. The lowest BCUT2D eigenvalue weighted by Gasteiger charge is -2.47. The van der Waals surface area contributed by atoms with Crippen molar-refractivity contribution in [2.45, 2.75) is 55.0 Å². The van der Waals surface area contributed by atoms with Crippen LogP contribution in [-0.4, -0.2) is 67.7 Å². The van der Waals surface area contributed by atoms with Crippen molar-refractivity contribution in [2.24, 2.45) is 0 Å². The second-order valence-electron chi connectivity index (χ2n) is 11.1. The Balaban J connectivity index is 1.45. The normalized spacial score (nSPS) is 28.0. The summed E-state index contributed by atoms with van der Waals surface area (Å²) in [6.45, 7) is 4.13. The maximum absolute atomic E-state index is 15.9. The summed E-state index contributed by atoms with van der Waals surface area (Å²) in [7, 11) is 0. The molecular formula is C29H33Cl2FN4O3. The molecule has 10 heteroatoms. The van der Waals surface area contributed by atoms with Crippen LogP contribution in [0.4, 0.5) is 10.1 Å². The second-order valence-corrected chi connectivity index (χ2v) is 11.9. The number of hydrogen-bond donors (Lipinski definition) is 3. The van der Waals surface area contributed by atoms with Crippen LogP contribution >= 0.6 is 23.2 Å². The summed E-state index contributed by atoms with van der Waals surface area (Å²) in [6, 6.07) is 9.36. The SMILES string of the molecule is O=C(NCCN1CCOCC1)[C@@H]1NC2(CCCCC2)C2(C(=O)Nc3cc(Cl)ccc32)[C@H]1c1cccc(Cl)c1F. The second kappa shape index (κ2) is 10.6. The van der Waals surface area contributed by atoms with Crippen molar-refractivity contribution in [1.29, 1.82) is 0 Å². The summed E-state index contributed by atoms with van der Waals surface area (Å²) < 4.78 is 21.3. The smallest absolute Gasteiger partial charge is 0.237 e. The van der Waals surface area contributed by atoms with Crippen molar-refractivity contribution in [1.82, 2.24) is 15.5 Å². The van der Waals surface area contributed by atoms with Crippen molar-refractivity contribution < 1.29 is 18.7 Å². The molecular weight excluding hydrogens is 542 g/mol. The molecule has 208 valence electrons. The van der Waals surface area contributed by atoms with Crippen LogP contribution in [0.3, 0.4) is 0 Å². The van der Waals surface area contributed by atoms with Gasteiger partial charge < -0.3 is 15.4 Å². The van der Waals surface area contributed by atoms with Gasteiger partial charge in [0.1, 0.15) is 11.2 Å². The first-order chi connectivity index (χ1) is 18.9. The topological polar surface area (TPSA) is 82.7 Å². The molecule has 2 amide bonds. The van der Waals surface area contributed by atoms with E-state index >= 15 is 4.39 Å². The molecule has 3 atom stereocenters. The molecule has 3 heterocycles. The highest BCUT2D eigenvalue weighted by Gasteiger charge is 2.72. The van der Waals surface area contributed by atoms with E-state index in [0.717, 1.165) is 37.9 Å². The molecule has 1 aliphatic carbocycles. The van der Waals surface area contributed by atoms with Gasteiger partial charge in [-0.3, -0.25) is 19.8 Å². The van der Waals surface area contributed by atoms with E-state index in [0.29, 0.717) is 49.9 Å². The molecule has 3 aliphatic heterocycles. The number of hydrogen-bond acceptors (Lipinski definition) is 5. The van der Waals surface area contributed by atoms with Crippen LogP contribution in [0.1, 0.15) is 49.1 Å². The highest BCUT2D eigenvalue weighted by molar-refractivity contribution is 6.31. The molecule has 4 aliphatic rings. The Morgan fingerprint density at radius 2 is 1.90 bits per heavy atom. The van der Waals surface area contributed by atoms with Crippen LogP contribution < -0.4 is 16.0 Å². The average molecular weight is 576 g/mol. The number of anilines is 1.